The van der Waals surface area contributed by atoms with Gasteiger partial charge in [0.25, 0.3) is 11.5 Å². The van der Waals surface area contributed by atoms with E-state index >= 15 is 0 Å². The number of amides is 1. The minimum atomic E-state index is -0.964. The van der Waals surface area contributed by atoms with E-state index in [9.17, 15) is 14.7 Å². The lowest BCUT2D eigenvalue weighted by molar-refractivity contribution is 0.0311. The Hall–Kier alpha value is -1.69. The standard InChI is InChI=1S/C11H17N3O3/c1-4-14(7-11(2,3)17)10(16)8-5-13-9(15)6-12-8/h5-6,17H,4,7H2,1-3H3,(H,13,15). The van der Waals surface area contributed by atoms with E-state index in [1.807, 2.05) is 6.92 Å². The summed E-state index contributed by atoms with van der Waals surface area (Å²) in [7, 11) is 0. The lowest BCUT2D eigenvalue weighted by Crippen LogP contribution is -2.42. The Balaban J connectivity index is 2.86. The predicted molar refractivity (Wildman–Crippen MR) is 62.7 cm³/mol. The van der Waals surface area contributed by atoms with Gasteiger partial charge >= 0.3 is 0 Å². The molecule has 6 heteroatoms. The Morgan fingerprint density at radius 2 is 2.24 bits per heavy atom. The van der Waals surface area contributed by atoms with Gasteiger partial charge in [0.2, 0.25) is 0 Å². The highest BCUT2D eigenvalue weighted by Gasteiger charge is 2.22. The van der Waals surface area contributed by atoms with Gasteiger partial charge in [0.05, 0.1) is 11.8 Å². The third-order valence-electron chi connectivity index (χ3n) is 2.14. The summed E-state index contributed by atoms with van der Waals surface area (Å²) in [5.74, 6) is -0.314. The molecule has 0 aromatic carbocycles. The summed E-state index contributed by atoms with van der Waals surface area (Å²) in [6, 6.07) is 0. The van der Waals surface area contributed by atoms with Crippen LogP contribution in [0.4, 0.5) is 0 Å². The molecular weight excluding hydrogens is 222 g/mol. The summed E-state index contributed by atoms with van der Waals surface area (Å²) in [5, 5.41) is 9.69. The van der Waals surface area contributed by atoms with Crippen molar-refractivity contribution in [1.82, 2.24) is 14.9 Å². The number of likely N-dealkylation sites (N-methyl/N-ethyl adjacent to an activating group) is 1. The quantitative estimate of drug-likeness (QED) is 0.774. The summed E-state index contributed by atoms with van der Waals surface area (Å²) in [4.78, 5) is 30.5. The van der Waals surface area contributed by atoms with E-state index in [4.69, 9.17) is 0 Å². The number of aliphatic hydroxyl groups is 1. The third-order valence-corrected chi connectivity index (χ3v) is 2.14. The van der Waals surface area contributed by atoms with Gasteiger partial charge in [-0.3, -0.25) is 9.59 Å². The van der Waals surface area contributed by atoms with E-state index in [-0.39, 0.29) is 23.7 Å². The average Bonchev–Trinajstić information content (AvgIpc) is 2.25. The highest BCUT2D eigenvalue weighted by molar-refractivity contribution is 5.91. The van der Waals surface area contributed by atoms with Crippen molar-refractivity contribution in [3.8, 4) is 0 Å². The number of nitrogens with zero attached hydrogens (tertiary/aromatic N) is 2. The molecule has 1 rings (SSSR count). The van der Waals surface area contributed by atoms with Gasteiger partial charge in [-0.1, -0.05) is 0 Å². The highest BCUT2D eigenvalue weighted by atomic mass is 16.3. The van der Waals surface area contributed by atoms with E-state index < -0.39 is 5.60 Å². The summed E-state index contributed by atoms with van der Waals surface area (Å²) in [5.41, 5.74) is -1.16. The molecule has 1 amide bonds. The molecule has 94 valence electrons. The minimum absolute atomic E-state index is 0.163. The third kappa shape index (κ3) is 3.99. The van der Waals surface area contributed by atoms with Gasteiger partial charge < -0.3 is 15.0 Å². The zero-order valence-corrected chi connectivity index (χ0v) is 10.2. The number of carbonyl (C=O) groups excluding carboxylic acids is 1. The van der Waals surface area contributed by atoms with Crippen LogP contribution in [-0.2, 0) is 0 Å². The van der Waals surface area contributed by atoms with E-state index in [2.05, 4.69) is 9.97 Å². The van der Waals surface area contributed by atoms with Crippen molar-refractivity contribution < 1.29 is 9.90 Å². The fourth-order valence-electron chi connectivity index (χ4n) is 1.42. The van der Waals surface area contributed by atoms with Crippen molar-refractivity contribution in [2.24, 2.45) is 0 Å². The molecule has 0 aliphatic carbocycles. The summed E-state index contributed by atoms with van der Waals surface area (Å²) in [6.07, 6.45) is 2.34. The second-order valence-corrected chi connectivity index (χ2v) is 4.43. The van der Waals surface area contributed by atoms with Gasteiger partial charge in [-0.25, -0.2) is 4.98 Å². The summed E-state index contributed by atoms with van der Waals surface area (Å²) < 4.78 is 0. The number of hydrogen-bond acceptors (Lipinski definition) is 4. The van der Waals surface area contributed by atoms with Gasteiger partial charge in [-0.15, -0.1) is 0 Å². The van der Waals surface area contributed by atoms with Gasteiger partial charge in [0, 0.05) is 19.3 Å². The molecule has 0 aliphatic heterocycles. The van der Waals surface area contributed by atoms with Gasteiger partial charge in [0.15, 0.2) is 0 Å². The largest absolute Gasteiger partial charge is 0.389 e. The summed E-state index contributed by atoms with van der Waals surface area (Å²) in [6.45, 7) is 5.74. The number of aromatic nitrogens is 2. The molecule has 1 aromatic heterocycles. The van der Waals surface area contributed by atoms with Crippen LogP contribution in [0.5, 0.6) is 0 Å². The number of aromatic amines is 1. The fourth-order valence-corrected chi connectivity index (χ4v) is 1.42. The Labute approximate surface area is 99.3 Å². The fraction of sp³-hybridized carbons (Fsp3) is 0.545. The molecule has 0 saturated heterocycles. The normalized spacial score (nSPS) is 11.3. The van der Waals surface area contributed by atoms with Crippen LogP contribution in [0, 0.1) is 0 Å². The Morgan fingerprint density at radius 3 is 2.65 bits per heavy atom. The first-order valence-corrected chi connectivity index (χ1v) is 5.40. The van der Waals surface area contributed by atoms with Crippen LogP contribution < -0.4 is 5.56 Å². The first kappa shape index (κ1) is 13.4. The van der Waals surface area contributed by atoms with Gasteiger partial charge in [-0.2, -0.15) is 0 Å². The smallest absolute Gasteiger partial charge is 0.274 e. The number of carbonyl (C=O) groups is 1. The second-order valence-electron chi connectivity index (χ2n) is 4.43. The molecular formula is C11H17N3O3. The molecule has 0 spiro atoms. The molecule has 0 saturated carbocycles. The maximum atomic E-state index is 12.0. The maximum Gasteiger partial charge on any atom is 0.274 e. The van der Waals surface area contributed by atoms with Crippen LogP contribution in [0.1, 0.15) is 31.3 Å². The van der Waals surface area contributed by atoms with Gasteiger partial charge in [0.1, 0.15) is 5.69 Å². The molecule has 0 bridgehead atoms. The minimum Gasteiger partial charge on any atom is -0.389 e. The van der Waals surface area contributed by atoms with Crippen molar-refractivity contribution in [3.63, 3.8) is 0 Å². The van der Waals surface area contributed by atoms with Crippen molar-refractivity contribution in [2.45, 2.75) is 26.4 Å². The van der Waals surface area contributed by atoms with E-state index in [0.717, 1.165) is 6.20 Å². The molecule has 0 fully saturated rings. The number of H-pyrrole nitrogens is 1. The summed E-state index contributed by atoms with van der Waals surface area (Å²) >= 11 is 0. The molecule has 6 nitrogen and oxygen atoms in total. The second kappa shape index (κ2) is 5.09. The lowest BCUT2D eigenvalue weighted by Gasteiger charge is -2.27. The molecule has 0 aliphatic rings. The zero-order valence-electron chi connectivity index (χ0n) is 10.2. The molecule has 1 heterocycles. The highest BCUT2D eigenvalue weighted by Crippen LogP contribution is 2.07. The van der Waals surface area contributed by atoms with E-state index in [0.29, 0.717) is 6.54 Å². The van der Waals surface area contributed by atoms with Gasteiger partial charge in [-0.05, 0) is 20.8 Å². The van der Waals surface area contributed by atoms with Crippen molar-refractivity contribution in [3.05, 3.63) is 28.4 Å². The first-order chi connectivity index (χ1) is 7.83. The molecule has 2 N–H and O–H groups in total. The topological polar surface area (TPSA) is 86.3 Å². The van der Waals surface area contributed by atoms with Crippen LogP contribution in [0.3, 0.4) is 0 Å². The lowest BCUT2D eigenvalue weighted by atomic mass is 10.1. The SMILES string of the molecule is CCN(CC(C)(C)O)C(=O)c1c[nH]c(=O)cn1. The molecule has 0 radical (unpaired) electrons. The van der Waals surface area contributed by atoms with Crippen LogP contribution in [0.25, 0.3) is 0 Å². The molecule has 0 unspecified atom stereocenters. The van der Waals surface area contributed by atoms with E-state index in [1.54, 1.807) is 13.8 Å². The predicted octanol–water partition coefficient (Wildman–Crippen LogP) is 0.00290. The molecule has 0 atom stereocenters. The Morgan fingerprint density at radius 1 is 1.59 bits per heavy atom. The Bertz CT molecular complexity index is 428. The molecule has 1 aromatic rings. The first-order valence-electron chi connectivity index (χ1n) is 5.40. The molecule has 17 heavy (non-hydrogen) atoms. The Kier molecular flexibility index (Phi) is 4.01. The number of hydrogen-bond donors (Lipinski definition) is 2. The van der Waals surface area contributed by atoms with Crippen molar-refractivity contribution in [2.75, 3.05) is 13.1 Å². The van der Waals surface area contributed by atoms with Crippen LogP contribution in [0.2, 0.25) is 0 Å². The van der Waals surface area contributed by atoms with Crippen LogP contribution in [-0.4, -0.2) is 44.6 Å². The number of rotatable bonds is 4. The van der Waals surface area contributed by atoms with Crippen LogP contribution >= 0.6 is 0 Å². The van der Waals surface area contributed by atoms with E-state index in [1.165, 1.54) is 11.1 Å². The van der Waals surface area contributed by atoms with Crippen LogP contribution in [0.15, 0.2) is 17.2 Å². The maximum absolute atomic E-state index is 12.0. The zero-order chi connectivity index (χ0) is 13.1. The van der Waals surface area contributed by atoms with Crippen molar-refractivity contribution >= 4 is 5.91 Å². The van der Waals surface area contributed by atoms with Crippen molar-refractivity contribution in [1.29, 1.82) is 0 Å². The average molecular weight is 239 g/mol. The number of nitrogens with one attached hydrogen (secondary N) is 1. The monoisotopic (exact) mass is 239 g/mol.